The van der Waals surface area contributed by atoms with Gasteiger partial charge in [0, 0.05) is 0 Å². The largest absolute Gasteiger partial charge is 0.493 e. The molecule has 0 unspecified atom stereocenters. The maximum atomic E-state index is 12.4. The van der Waals surface area contributed by atoms with Gasteiger partial charge < -0.3 is 15.2 Å². The molecule has 0 radical (unpaired) electrons. The van der Waals surface area contributed by atoms with Gasteiger partial charge in [-0.3, -0.25) is 0 Å². The summed E-state index contributed by atoms with van der Waals surface area (Å²) in [6, 6.07) is 2.54. The number of nitrogens with two attached hydrogens (primary N) is 1. The lowest BCUT2D eigenvalue weighted by Gasteiger charge is -2.15. The third kappa shape index (κ3) is 2.33. The Morgan fingerprint density at radius 2 is 2.07 bits per heavy atom. The van der Waals surface area contributed by atoms with Gasteiger partial charge in [-0.25, -0.2) is 4.39 Å². The molecule has 0 fully saturated rings. The second-order valence-corrected chi connectivity index (χ2v) is 3.34. The summed E-state index contributed by atoms with van der Waals surface area (Å²) in [6.45, 7) is -0.671. The van der Waals surface area contributed by atoms with Gasteiger partial charge in [0.1, 0.15) is 6.67 Å². The normalized spacial score (nSPS) is 12.3. The fourth-order valence-corrected chi connectivity index (χ4v) is 1.65. The molecule has 0 saturated carbocycles. The zero-order valence-corrected chi connectivity index (χ0v) is 9.34. The third-order valence-corrected chi connectivity index (χ3v) is 2.47. The van der Waals surface area contributed by atoms with Crippen molar-refractivity contribution in [3.63, 3.8) is 0 Å². The van der Waals surface area contributed by atoms with Crippen LogP contribution in [0.5, 0.6) is 11.5 Å². The van der Waals surface area contributed by atoms with Crippen LogP contribution in [0.15, 0.2) is 12.1 Å². The third-order valence-electron chi connectivity index (χ3n) is 2.08. The molecule has 1 rings (SSSR count). The summed E-state index contributed by atoms with van der Waals surface area (Å²) >= 11 is 6.01. The van der Waals surface area contributed by atoms with Crippen LogP contribution in [0.3, 0.4) is 0 Å². The van der Waals surface area contributed by atoms with E-state index in [2.05, 4.69) is 0 Å². The number of halogens is 2. The van der Waals surface area contributed by atoms with Crippen LogP contribution in [0, 0.1) is 0 Å². The second-order valence-electron chi connectivity index (χ2n) is 2.97. The molecule has 0 aliphatic heterocycles. The maximum Gasteiger partial charge on any atom is 0.179 e. The molecule has 0 saturated heterocycles. The fraction of sp³-hybridized carbons (Fsp3) is 0.400. The van der Waals surface area contributed by atoms with E-state index in [1.807, 2.05) is 0 Å². The fourth-order valence-electron chi connectivity index (χ4n) is 1.27. The smallest absolute Gasteiger partial charge is 0.179 e. The number of hydrogen-bond donors (Lipinski definition) is 1. The summed E-state index contributed by atoms with van der Waals surface area (Å²) < 4.78 is 22.5. The van der Waals surface area contributed by atoms with Crippen molar-refractivity contribution in [1.29, 1.82) is 0 Å². The molecular weight excluding hydrogens is 221 g/mol. The van der Waals surface area contributed by atoms with Crippen molar-refractivity contribution in [1.82, 2.24) is 0 Å². The van der Waals surface area contributed by atoms with Crippen LogP contribution in [0.1, 0.15) is 11.6 Å². The minimum Gasteiger partial charge on any atom is -0.493 e. The standard InChI is InChI=1S/C10H13ClFNO2/c1-14-8-4-3-6(7(13)5-12)9(11)10(8)15-2/h3-4,7H,5,13H2,1-2H3/t7-/m0/s1. The van der Waals surface area contributed by atoms with Gasteiger partial charge in [-0.15, -0.1) is 0 Å². The van der Waals surface area contributed by atoms with Crippen molar-refractivity contribution in [3.8, 4) is 11.5 Å². The Hall–Kier alpha value is -1.00. The monoisotopic (exact) mass is 233 g/mol. The van der Waals surface area contributed by atoms with Crippen molar-refractivity contribution >= 4 is 11.6 Å². The molecule has 0 amide bonds. The zero-order chi connectivity index (χ0) is 11.4. The number of benzene rings is 1. The van der Waals surface area contributed by atoms with E-state index in [0.717, 1.165) is 0 Å². The van der Waals surface area contributed by atoms with Crippen LogP contribution in [0.4, 0.5) is 4.39 Å². The van der Waals surface area contributed by atoms with E-state index in [4.69, 9.17) is 26.8 Å². The van der Waals surface area contributed by atoms with Gasteiger partial charge in [0.05, 0.1) is 25.3 Å². The van der Waals surface area contributed by atoms with Crippen LogP contribution in [0.25, 0.3) is 0 Å². The molecule has 5 heteroatoms. The summed E-state index contributed by atoms with van der Waals surface area (Å²) in [7, 11) is 2.97. The van der Waals surface area contributed by atoms with E-state index in [-0.39, 0.29) is 0 Å². The molecule has 15 heavy (non-hydrogen) atoms. The first kappa shape index (κ1) is 12.1. The highest BCUT2D eigenvalue weighted by molar-refractivity contribution is 6.33. The molecule has 0 aliphatic rings. The van der Waals surface area contributed by atoms with Crippen LogP contribution in [-0.4, -0.2) is 20.9 Å². The first-order valence-corrected chi connectivity index (χ1v) is 4.75. The van der Waals surface area contributed by atoms with E-state index in [1.165, 1.54) is 14.2 Å². The van der Waals surface area contributed by atoms with Gasteiger partial charge in [0.2, 0.25) is 0 Å². The van der Waals surface area contributed by atoms with Gasteiger partial charge in [-0.1, -0.05) is 17.7 Å². The molecule has 1 atom stereocenters. The molecule has 0 spiro atoms. The van der Waals surface area contributed by atoms with Crippen LogP contribution in [0.2, 0.25) is 5.02 Å². The number of rotatable bonds is 4. The Morgan fingerprint density at radius 1 is 1.40 bits per heavy atom. The lowest BCUT2D eigenvalue weighted by molar-refractivity contribution is 0.353. The highest BCUT2D eigenvalue weighted by Crippen LogP contribution is 2.39. The minimum atomic E-state index is -0.739. The number of methoxy groups -OCH3 is 2. The summed E-state index contributed by atoms with van der Waals surface area (Å²) in [4.78, 5) is 0. The van der Waals surface area contributed by atoms with E-state index >= 15 is 0 Å². The average molecular weight is 234 g/mol. The van der Waals surface area contributed by atoms with Crippen molar-refractivity contribution in [3.05, 3.63) is 22.7 Å². The number of alkyl halides is 1. The number of hydrogen-bond acceptors (Lipinski definition) is 3. The lowest BCUT2D eigenvalue weighted by atomic mass is 10.1. The maximum absolute atomic E-state index is 12.4. The SMILES string of the molecule is COc1ccc([C@@H](N)CF)c(Cl)c1OC. The molecule has 0 aliphatic carbocycles. The molecule has 0 bridgehead atoms. The topological polar surface area (TPSA) is 44.5 Å². The molecule has 1 aromatic carbocycles. The molecule has 3 nitrogen and oxygen atoms in total. The van der Waals surface area contributed by atoms with E-state index in [0.29, 0.717) is 22.1 Å². The Morgan fingerprint density at radius 3 is 2.53 bits per heavy atom. The molecular formula is C10H13ClFNO2. The summed E-state index contributed by atoms with van der Waals surface area (Å²) in [5.74, 6) is 0.873. The molecule has 2 N–H and O–H groups in total. The Kier molecular flexibility index (Phi) is 4.17. The minimum absolute atomic E-state index is 0.294. The highest BCUT2D eigenvalue weighted by atomic mass is 35.5. The van der Waals surface area contributed by atoms with Gasteiger partial charge >= 0.3 is 0 Å². The van der Waals surface area contributed by atoms with Gasteiger partial charge in [0.15, 0.2) is 11.5 Å². The highest BCUT2D eigenvalue weighted by Gasteiger charge is 2.17. The average Bonchev–Trinajstić information content (AvgIpc) is 2.27. The van der Waals surface area contributed by atoms with Crippen molar-refractivity contribution < 1.29 is 13.9 Å². The van der Waals surface area contributed by atoms with E-state index < -0.39 is 12.7 Å². The zero-order valence-electron chi connectivity index (χ0n) is 8.59. The predicted molar refractivity (Wildman–Crippen MR) is 57.5 cm³/mol. The van der Waals surface area contributed by atoms with Crippen molar-refractivity contribution in [2.24, 2.45) is 5.73 Å². The molecule has 1 aromatic rings. The quantitative estimate of drug-likeness (QED) is 0.868. The summed E-state index contributed by atoms with van der Waals surface area (Å²) in [5, 5.41) is 0.294. The lowest BCUT2D eigenvalue weighted by Crippen LogP contribution is -2.13. The predicted octanol–water partition coefficient (Wildman–Crippen LogP) is 2.33. The van der Waals surface area contributed by atoms with Gasteiger partial charge in [-0.2, -0.15) is 0 Å². The second kappa shape index (κ2) is 5.19. The first-order valence-electron chi connectivity index (χ1n) is 4.37. The summed E-state index contributed by atoms with van der Waals surface area (Å²) in [6.07, 6.45) is 0. The Bertz CT molecular complexity index is 346. The first-order chi connectivity index (χ1) is 7.15. The van der Waals surface area contributed by atoms with Crippen molar-refractivity contribution in [2.45, 2.75) is 6.04 Å². The molecule has 0 heterocycles. The van der Waals surface area contributed by atoms with Crippen LogP contribution >= 0.6 is 11.6 Å². The van der Waals surface area contributed by atoms with Crippen LogP contribution in [-0.2, 0) is 0 Å². The van der Waals surface area contributed by atoms with Crippen molar-refractivity contribution in [2.75, 3.05) is 20.9 Å². The number of ether oxygens (including phenoxy) is 2. The Balaban J connectivity index is 3.22. The van der Waals surface area contributed by atoms with E-state index in [1.54, 1.807) is 12.1 Å². The molecule has 0 aromatic heterocycles. The van der Waals surface area contributed by atoms with Crippen LogP contribution < -0.4 is 15.2 Å². The van der Waals surface area contributed by atoms with E-state index in [9.17, 15) is 4.39 Å². The van der Waals surface area contributed by atoms with Gasteiger partial charge in [-0.05, 0) is 11.6 Å². The van der Waals surface area contributed by atoms with Gasteiger partial charge in [0.25, 0.3) is 0 Å². The molecule has 84 valence electrons. The summed E-state index contributed by atoms with van der Waals surface area (Å²) in [5.41, 5.74) is 6.07. The Labute approximate surface area is 92.9 Å².